The number of fused-ring (bicyclic) bond motifs is 1. The number of nitrogens with zero attached hydrogens (tertiary/aromatic N) is 2. The van der Waals surface area contributed by atoms with Crippen molar-refractivity contribution in [1.82, 2.24) is 0 Å². The Morgan fingerprint density at radius 1 is 1.47 bits per heavy atom. The lowest BCUT2D eigenvalue weighted by Gasteiger charge is -2.27. The lowest BCUT2D eigenvalue weighted by Crippen LogP contribution is -2.41. The molecule has 1 N–H and O–H groups in total. The highest BCUT2D eigenvalue weighted by atomic mass is 79.9. The minimum Gasteiger partial charge on any atom is -0.361 e. The van der Waals surface area contributed by atoms with Crippen molar-refractivity contribution < 1.29 is 22.6 Å². The molecule has 1 aromatic carbocycles. The van der Waals surface area contributed by atoms with E-state index in [9.17, 15) is 17.8 Å². The standard InChI is InChI=1S/C10H6BrClN2O4S/c11-5-1-2-6-7(3-5)10(12,19(16,17)18)4-8(15)9(6)14-13/h1-3H,4H2,(H,16,17,18). The molecule has 0 aromatic heterocycles. The number of alkyl halides is 1. The predicted octanol–water partition coefficient (Wildman–Crippen LogP) is 1.72. The van der Waals surface area contributed by atoms with Gasteiger partial charge in [-0.25, -0.2) is 0 Å². The first-order chi connectivity index (χ1) is 8.70. The van der Waals surface area contributed by atoms with E-state index in [1.807, 2.05) is 0 Å². The summed E-state index contributed by atoms with van der Waals surface area (Å²) in [6, 6.07) is 4.27. The zero-order valence-electron chi connectivity index (χ0n) is 9.17. The number of carbonyl (C=O) groups is 1. The third kappa shape index (κ3) is 2.15. The molecule has 0 heterocycles. The normalized spacial score (nSPS) is 22.9. The van der Waals surface area contributed by atoms with Gasteiger partial charge in [0.15, 0.2) is 0 Å². The van der Waals surface area contributed by atoms with Gasteiger partial charge in [0.05, 0.1) is 12.0 Å². The molecule has 0 bridgehead atoms. The highest BCUT2D eigenvalue weighted by molar-refractivity contribution is 9.10. The maximum Gasteiger partial charge on any atom is 0.365 e. The molecular formula is C10H6BrClN2O4S. The second-order valence-corrected chi connectivity index (χ2v) is 7.37. The minimum atomic E-state index is -4.73. The minimum absolute atomic E-state index is 0.0153. The Kier molecular flexibility index (Phi) is 3.40. The number of halogens is 2. The van der Waals surface area contributed by atoms with Crippen molar-refractivity contribution in [2.75, 3.05) is 0 Å². The first-order valence-electron chi connectivity index (χ1n) is 4.92. The van der Waals surface area contributed by atoms with Crippen LogP contribution in [0, 0.1) is 0 Å². The summed E-state index contributed by atoms with van der Waals surface area (Å²) in [7, 11) is -4.73. The maximum absolute atomic E-state index is 11.8. The molecule has 0 radical (unpaired) electrons. The molecule has 0 saturated carbocycles. The van der Waals surface area contributed by atoms with Crippen molar-refractivity contribution in [1.29, 1.82) is 0 Å². The summed E-state index contributed by atoms with van der Waals surface area (Å²) in [6.45, 7) is 0. The van der Waals surface area contributed by atoms with Crippen LogP contribution >= 0.6 is 27.5 Å². The summed E-state index contributed by atoms with van der Waals surface area (Å²) >= 11 is 9.10. The first-order valence-corrected chi connectivity index (χ1v) is 7.53. The maximum atomic E-state index is 11.8. The molecule has 1 atom stereocenters. The van der Waals surface area contributed by atoms with Crippen molar-refractivity contribution in [3.05, 3.63) is 39.3 Å². The first kappa shape index (κ1) is 14.4. The highest BCUT2D eigenvalue weighted by Gasteiger charge is 2.53. The Labute approximate surface area is 121 Å². The van der Waals surface area contributed by atoms with E-state index in [2.05, 4.69) is 20.7 Å². The molecule has 1 aromatic rings. The second kappa shape index (κ2) is 4.50. The zero-order chi connectivity index (χ0) is 14.4. The molecule has 6 nitrogen and oxygen atoms in total. The highest BCUT2D eigenvalue weighted by Crippen LogP contribution is 2.44. The van der Waals surface area contributed by atoms with Gasteiger partial charge in [-0.1, -0.05) is 27.5 Å². The van der Waals surface area contributed by atoms with Crippen molar-refractivity contribution in [2.24, 2.45) is 0 Å². The van der Waals surface area contributed by atoms with E-state index in [0.717, 1.165) is 0 Å². The lowest BCUT2D eigenvalue weighted by molar-refractivity contribution is -0.117. The van der Waals surface area contributed by atoms with E-state index >= 15 is 0 Å². The van der Waals surface area contributed by atoms with Gasteiger partial charge >= 0.3 is 5.71 Å². The van der Waals surface area contributed by atoms with Crippen LogP contribution in [0.1, 0.15) is 17.5 Å². The third-order valence-corrected chi connectivity index (χ3v) is 5.40. The van der Waals surface area contributed by atoms with Crippen LogP contribution in [-0.4, -0.2) is 29.3 Å². The number of Topliss-reactive ketones (excluding diaryl/α,β-unsaturated/α-hetero) is 1. The number of ketones is 1. The van der Waals surface area contributed by atoms with E-state index in [4.69, 9.17) is 17.1 Å². The van der Waals surface area contributed by atoms with Gasteiger partial charge in [0.1, 0.15) is 0 Å². The number of hydrogen-bond acceptors (Lipinski definition) is 3. The Morgan fingerprint density at radius 2 is 2.11 bits per heavy atom. The second-order valence-electron chi connectivity index (χ2n) is 3.94. The Hall–Kier alpha value is -1.05. The summed E-state index contributed by atoms with van der Waals surface area (Å²) < 4.78 is 30.5. The summed E-state index contributed by atoms with van der Waals surface area (Å²) in [6.07, 6.45) is -0.712. The number of carbonyl (C=O) groups excluding carboxylic acids is 1. The van der Waals surface area contributed by atoms with Crippen LogP contribution < -0.4 is 0 Å². The van der Waals surface area contributed by atoms with Crippen LogP contribution in [0.3, 0.4) is 0 Å². The monoisotopic (exact) mass is 364 g/mol. The number of hydrogen-bond donors (Lipinski definition) is 1. The zero-order valence-corrected chi connectivity index (χ0v) is 12.3. The molecule has 1 aliphatic rings. The molecule has 0 aliphatic heterocycles. The van der Waals surface area contributed by atoms with Gasteiger partial charge in [-0.2, -0.15) is 13.2 Å². The fraction of sp³-hybridized carbons (Fsp3) is 0.200. The molecule has 2 rings (SSSR count). The summed E-state index contributed by atoms with van der Waals surface area (Å²) in [5.74, 6) is -0.773. The molecule has 1 aliphatic carbocycles. The largest absolute Gasteiger partial charge is 0.365 e. The van der Waals surface area contributed by atoms with E-state index in [1.165, 1.54) is 18.2 Å². The molecule has 0 amide bonds. The van der Waals surface area contributed by atoms with E-state index in [-0.39, 0.29) is 16.8 Å². The van der Waals surface area contributed by atoms with E-state index in [1.54, 1.807) is 0 Å². The van der Waals surface area contributed by atoms with Gasteiger partial charge in [-0.05, 0) is 18.2 Å². The third-order valence-electron chi connectivity index (χ3n) is 2.80. The van der Waals surface area contributed by atoms with Crippen molar-refractivity contribution in [2.45, 2.75) is 10.6 Å². The smallest absolute Gasteiger partial charge is 0.361 e. The van der Waals surface area contributed by atoms with Crippen LogP contribution in [0.2, 0.25) is 0 Å². The molecule has 0 fully saturated rings. The number of benzene rings is 1. The average molecular weight is 366 g/mol. The Balaban J connectivity index is 2.89. The van der Waals surface area contributed by atoms with Gasteiger partial charge in [0, 0.05) is 10.0 Å². The van der Waals surface area contributed by atoms with E-state index in [0.29, 0.717) is 4.47 Å². The Bertz CT molecular complexity index is 742. The SMILES string of the molecule is [N-]=[N+]=C1C(=O)CC(Cl)(S(=O)(=O)O)c2cc(Br)ccc21. The van der Waals surface area contributed by atoms with Crippen molar-refractivity contribution >= 4 is 49.1 Å². The Morgan fingerprint density at radius 3 is 2.63 bits per heavy atom. The van der Waals surface area contributed by atoms with Gasteiger partial charge in [-0.15, -0.1) is 0 Å². The molecule has 9 heteroatoms. The topological polar surface area (TPSA) is 108 Å². The van der Waals surface area contributed by atoms with Crippen LogP contribution in [-0.2, 0) is 19.1 Å². The average Bonchev–Trinajstić information content (AvgIpc) is 2.29. The van der Waals surface area contributed by atoms with Gasteiger partial charge in [-0.3, -0.25) is 9.35 Å². The molecule has 0 saturated heterocycles. The van der Waals surface area contributed by atoms with Gasteiger partial charge in [0.2, 0.25) is 9.99 Å². The number of rotatable bonds is 1. The predicted molar refractivity (Wildman–Crippen MR) is 70.6 cm³/mol. The molecule has 1 unspecified atom stereocenters. The molecule has 0 spiro atoms. The van der Waals surface area contributed by atoms with Crippen LogP contribution in [0.4, 0.5) is 0 Å². The van der Waals surface area contributed by atoms with Gasteiger partial charge < -0.3 is 5.53 Å². The van der Waals surface area contributed by atoms with Crippen LogP contribution in [0.5, 0.6) is 0 Å². The summed E-state index contributed by atoms with van der Waals surface area (Å²) in [5, 5.41) is 0. The summed E-state index contributed by atoms with van der Waals surface area (Å²) in [4.78, 5) is 14.6. The fourth-order valence-electron chi connectivity index (χ4n) is 1.91. The van der Waals surface area contributed by atoms with Crippen LogP contribution in [0.15, 0.2) is 22.7 Å². The summed E-state index contributed by atoms with van der Waals surface area (Å²) in [5.41, 5.74) is 8.61. The van der Waals surface area contributed by atoms with E-state index < -0.39 is 26.5 Å². The van der Waals surface area contributed by atoms with Gasteiger partial charge in [0.25, 0.3) is 10.1 Å². The van der Waals surface area contributed by atoms with Crippen LogP contribution in [0.25, 0.3) is 5.53 Å². The van der Waals surface area contributed by atoms with Crippen molar-refractivity contribution in [3.8, 4) is 0 Å². The molecule has 19 heavy (non-hydrogen) atoms. The molecule has 100 valence electrons. The lowest BCUT2D eigenvalue weighted by atomic mass is 9.88. The quantitative estimate of drug-likeness (QED) is 0.354. The van der Waals surface area contributed by atoms with Crippen molar-refractivity contribution in [3.63, 3.8) is 0 Å². The fourth-order valence-corrected chi connectivity index (χ4v) is 3.31. The molecular weight excluding hydrogens is 360 g/mol.